The molecule has 1 unspecified atom stereocenters. The summed E-state index contributed by atoms with van der Waals surface area (Å²) in [4.78, 5) is 0. The topological polar surface area (TPSA) is 49.4 Å². The van der Waals surface area contributed by atoms with Crippen LogP contribution in [0, 0.1) is 0 Å². The average Bonchev–Trinajstić information content (AvgIpc) is 2.54. The fourth-order valence-electron chi connectivity index (χ4n) is 2.74. The molecule has 142 valence electrons. The van der Waals surface area contributed by atoms with E-state index in [2.05, 4.69) is 31.9 Å². The third-order valence-corrected chi connectivity index (χ3v) is 4.59. The molecule has 0 spiro atoms. The maximum atomic E-state index is 9.38. The first-order valence-corrected chi connectivity index (χ1v) is 10.6. The van der Waals surface area contributed by atoms with Crippen LogP contribution in [0.25, 0.3) is 0 Å². The van der Waals surface area contributed by atoms with Crippen molar-refractivity contribution in [2.24, 2.45) is 0 Å². The van der Waals surface area contributed by atoms with Crippen LogP contribution in [0.2, 0.25) is 0 Å². The van der Waals surface area contributed by atoms with Gasteiger partial charge in [-0.1, -0.05) is 53.4 Å². The fraction of sp³-hybridized carbons (Fsp3) is 1.00. The average molecular weight is 352 g/mol. The summed E-state index contributed by atoms with van der Waals surface area (Å²) in [5, 5.41) is 0. The van der Waals surface area contributed by atoms with Crippen molar-refractivity contribution in [1.82, 2.24) is 0 Å². The summed E-state index contributed by atoms with van der Waals surface area (Å²) >= 11 is -2.32. The van der Waals surface area contributed by atoms with E-state index in [0.717, 1.165) is 0 Å². The first-order chi connectivity index (χ1) is 11.0. The molecule has 5 heteroatoms. The highest BCUT2D eigenvalue weighted by Crippen LogP contribution is 2.16. The maximum absolute atomic E-state index is 9.38. The van der Waals surface area contributed by atoms with E-state index in [1.807, 2.05) is 0 Å². The Balaban J connectivity index is 0. The van der Waals surface area contributed by atoms with E-state index < -0.39 is 11.4 Å². The van der Waals surface area contributed by atoms with Gasteiger partial charge < -0.3 is 13.2 Å². The Bertz CT molecular complexity index is 225. The molecule has 0 aromatic rings. The molecule has 0 aromatic heterocycles. The second-order valence-electron chi connectivity index (χ2n) is 6.26. The molecule has 0 rings (SSSR count). The highest BCUT2D eigenvalue weighted by atomic mass is 32.2. The molecule has 0 N–H and O–H groups in total. The Hall–Kier alpha value is 0.0300. The van der Waals surface area contributed by atoms with Crippen molar-refractivity contribution < 1.29 is 17.4 Å². The lowest BCUT2D eigenvalue weighted by Gasteiger charge is -2.39. The summed E-state index contributed by atoms with van der Waals surface area (Å²) in [5.41, 5.74) is 0. The number of hydrogen-bond donors (Lipinski definition) is 0. The van der Waals surface area contributed by atoms with Gasteiger partial charge in [-0.2, -0.15) is 0 Å². The number of unbranched alkanes of at least 4 members (excludes halogenated alkanes) is 4. The van der Waals surface area contributed by atoms with Crippen LogP contribution in [0.4, 0.5) is 0 Å². The van der Waals surface area contributed by atoms with Crippen LogP contribution in [0.1, 0.15) is 86.0 Å². The van der Waals surface area contributed by atoms with E-state index in [-0.39, 0.29) is 6.61 Å². The molecule has 0 aliphatic rings. The van der Waals surface area contributed by atoms with Crippen LogP contribution in [0.3, 0.4) is 0 Å². The molecule has 0 aliphatic heterocycles. The first-order valence-electron chi connectivity index (χ1n) is 9.59. The maximum Gasteiger partial charge on any atom is 0.0841 e. The summed E-state index contributed by atoms with van der Waals surface area (Å²) in [6, 6.07) is 0. The van der Waals surface area contributed by atoms with Gasteiger partial charge >= 0.3 is 0 Å². The SMILES string of the molecule is CCCC[N+](CCCC)(CCCC)CCCC.CCOS(=O)[O-]. The first kappa shape index (κ1) is 25.3. The molecule has 0 aromatic carbocycles. The van der Waals surface area contributed by atoms with E-state index >= 15 is 0 Å². The summed E-state index contributed by atoms with van der Waals surface area (Å²) in [6.45, 7) is 16.8. The zero-order chi connectivity index (χ0) is 18.0. The predicted octanol–water partition coefficient (Wildman–Crippen LogP) is 4.82. The smallest absolute Gasteiger partial charge is 0.0841 e. The van der Waals surface area contributed by atoms with E-state index in [4.69, 9.17) is 0 Å². The third-order valence-electron chi connectivity index (χ3n) is 4.16. The van der Waals surface area contributed by atoms with Crippen LogP contribution < -0.4 is 0 Å². The molecular formula is C18H41NO3S. The predicted molar refractivity (Wildman–Crippen MR) is 99.9 cm³/mol. The van der Waals surface area contributed by atoms with Gasteiger partial charge in [-0.05, 0) is 32.6 Å². The number of hydrogen-bond acceptors (Lipinski definition) is 3. The monoisotopic (exact) mass is 351 g/mol. The molecule has 0 bridgehead atoms. The zero-order valence-electron chi connectivity index (χ0n) is 16.3. The summed E-state index contributed by atoms with van der Waals surface area (Å²) in [7, 11) is 0. The zero-order valence-corrected chi connectivity index (χ0v) is 17.1. The van der Waals surface area contributed by atoms with E-state index in [1.54, 1.807) is 6.92 Å². The molecule has 0 saturated carbocycles. The molecule has 4 nitrogen and oxygen atoms in total. The number of nitrogens with zero attached hydrogens (tertiary/aromatic N) is 1. The molecule has 0 amide bonds. The van der Waals surface area contributed by atoms with E-state index in [1.165, 1.54) is 82.0 Å². The number of rotatable bonds is 14. The van der Waals surface area contributed by atoms with Crippen LogP contribution >= 0.6 is 0 Å². The van der Waals surface area contributed by atoms with Crippen LogP contribution in [0.15, 0.2) is 0 Å². The lowest BCUT2D eigenvalue weighted by molar-refractivity contribution is -0.929. The molecular weight excluding hydrogens is 310 g/mol. The summed E-state index contributed by atoms with van der Waals surface area (Å²) < 4.78 is 24.1. The summed E-state index contributed by atoms with van der Waals surface area (Å²) in [5.74, 6) is 0. The standard InChI is InChI=1S/C16H36N.C2H6O3S/c1-5-9-13-17(14-10-6-2,15-11-7-3)16-12-8-4;1-2-5-6(3)4/h5-16H2,1-4H3;2H2,1H3,(H,3,4)/q+1;/p-1. The van der Waals surface area contributed by atoms with Gasteiger partial charge in [0.05, 0.1) is 44.1 Å². The lowest BCUT2D eigenvalue weighted by Crippen LogP contribution is -2.50. The third kappa shape index (κ3) is 16.7. The molecule has 0 saturated heterocycles. The molecule has 0 aliphatic carbocycles. The minimum Gasteiger partial charge on any atom is -0.750 e. The number of quaternary nitrogens is 1. The van der Waals surface area contributed by atoms with Crippen molar-refractivity contribution in [3.05, 3.63) is 0 Å². The van der Waals surface area contributed by atoms with Crippen LogP contribution in [-0.4, -0.2) is 46.0 Å². The van der Waals surface area contributed by atoms with Gasteiger partial charge in [0, 0.05) is 0 Å². The normalized spacial score (nSPS) is 12.6. The van der Waals surface area contributed by atoms with Gasteiger partial charge in [0.25, 0.3) is 0 Å². The largest absolute Gasteiger partial charge is 0.750 e. The minimum atomic E-state index is -2.32. The van der Waals surface area contributed by atoms with Crippen molar-refractivity contribution >= 4 is 11.4 Å². The Labute approximate surface area is 148 Å². The molecule has 0 fully saturated rings. The van der Waals surface area contributed by atoms with Crippen molar-refractivity contribution in [3.8, 4) is 0 Å². The van der Waals surface area contributed by atoms with Crippen LogP contribution in [0.5, 0.6) is 0 Å². The van der Waals surface area contributed by atoms with E-state index in [9.17, 15) is 8.76 Å². The Kier molecular flexibility index (Phi) is 20.2. The second-order valence-corrected chi connectivity index (χ2v) is 6.90. The van der Waals surface area contributed by atoms with Gasteiger partial charge in [-0.3, -0.25) is 0 Å². The molecule has 0 radical (unpaired) electrons. The van der Waals surface area contributed by atoms with Crippen molar-refractivity contribution in [2.75, 3.05) is 32.8 Å². The highest BCUT2D eigenvalue weighted by molar-refractivity contribution is 7.74. The van der Waals surface area contributed by atoms with Crippen molar-refractivity contribution in [1.29, 1.82) is 0 Å². The Morgan fingerprint density at radius 3 is 1.17 bits per heavy atom. The highest BCUT2D eigenvalue weighted by Gasteiger charge is 2.24. The van der Waals surface area contributed by atoms with Crippen molar-refractivity contribution in [3.63, 3.8) is 0 Å². The van der Waals surface area contributed by atoms with Crippen molar-refractivity contribution in [2.45, 2.75) is 86.0 Å². The van der Waals surface area contributed by atoms with E-state index in [0.29, 0.717) is 0 Å². The summed E-state index contributed by atoms with van der Waals surface area (Å²) in [6.07, 6.45) is 11.1. The fourth-order valence-corrected chi connectivity index (χ4v) is 2.93. The van der Waals surface area contributed by atoms with Crippen LogP contribution in [-0.2, 0) is 15.5 Å². The molecule has 23 heavy (non-hydrogen) atoms. The minimum absolute atomic E-state index is 0.218. The van der Waals surface area contributed by atoms with Gasteiger partial charge in [-0.15, -0.1) is 0 Å². The van der Waals surface area contributed by atoms with Gasteiger partial charge in [0.2, 0.25) is 0 Å². The quantitative estimate of drug-likeness (QED) is 0.333. The van der Waals surface area contributed by atoms with Gasteiger partial charge in [0.1, 0.15) is 0 Å². The molecule has 1 atom stereocenters. The second kappa shape index (κ2) is 18.4. The molecule has 0 heterocycles. The van der Waals surface area contributed by atoms with Gasteiger partial charge in [0.15, 0.2) is 0 Å². The lowest BCUT2D eigenvalue weighted by atomic mass is 10.1. The Morgan fingerprint density at radius 2 is 1.04 bits per heavy atom. The van der Waals surface area contributed by atoms with Gasteiger partial charge in [-0.25, -0.2) is 4.21 Å². The Morgan fingerprint density at radius 1 is 0.739 bits per heavy atom.